The fourth-order valence-corrected chi connectivity index (χ4v) is 3.61. The smallest absolute Gasteiger partial charge is 0.308 e. The molecule has 0 spiro atoms. The molecule has 0 aromatic heterocycles. The van der Waals surface area contributed by atoms with Crippen molar-refractivity contribution in [1.82, 2.24) is 0 Å². The minimum Gasteiger partial charge on any atom is -0.308 e. The summed E-state index contributed by atoms with van der Waals surface area (Å²) in [5, 5.41) is 2.99. The highest BCUT2D eigenvalue weighted by atomic mass is 31.2. The summed E-state index contributed by atoms with van der Waals surface area (Å²) >= 11 is 0. The summed E-state index contributed by atoms with van der Waals surface area (Å²) in [4.78, 5) is 14.0. The zero-order valence-electron chi connectivity index (χ0n) is 10.5. The molecule has 0 aromatic carbocycles. The summed E-state index contributed by atoms with van der Waals surface area (Å²) in [6.07, 6.45) is 0. The van der Waals surface area contributed by atoms with Gasteiger partial charge in [0.15, 0.2) is 0 Å². The van der Waals surface area contributed by atoms with Crippen molar-refractivity contribution in [3.63, 3.8) is 0 Å². The number of rotatable bonds is 7. The first-order chi connectivity index (χ1) is 7.92. The second-order valence-electron chi connectivity index (χ2n) is 3.59. The molecule has 98 valence electrons. The van der Waals surface area contributed by atoms with Gasteiger partial charge in [0.2, 0.25) is 5.91 Å². The zero-order chi connectivity index (χ0) is 13.5. The molecular formula is C9H18N3O4P. The summed E-state index contributed by atoms with van der Waals surface area (Å²) in [6.45, 7) is 7.01. The molecule has 0 aliphatic carbocycles. The maximum atomic E-state index is 12.4. The van der Waals surface area contributed by atoms with E-state index >= 15 is 0 Å². The van der Waals surface area contributed by atoms with E-state index in [1.54, 1.807) is 27.7 Å². The average Bonchev–Trinajstić information content (AvgIpc) is 2.17. The first-order valence-corrected chi connectivity index (χ1v) is 7.01. The van der Waals surface area contributed by atoms with Crippen LogP contribution in [-0.2, 0) is 18.4 Å². The van der Waals surface area contributed by atoms with Crippen LogP contribution in [0.15, 0.2) is 5.11 Å². The Labute approximate surface area is 101 Å². The standard InChI is InChI=1S/C9H18N3O4P/c1-5-15-17(14,16-6-2)8(7(3)4)9(13)11-12-10/h7-8H,5-6H2,1-4H3. The number of nitrogens with zero attached hydrogens (tertiary/aromatic N) is 3. The van der Waals surface area contributed by atoms with Crippen LogP contribution >= 0.6 is 7.60 Å². The Morgan fingerprint density at radius 1 is 1.35 bits per heavy atom. The van der Waals surface area contributed by atoms with Crippen molar-refractivity contribution in [2.75, 3.05) is 13.2 Å². The van der Waals surface area contributed by atoms with E-state index in [2.05, 4.69) is 10.0 Å². The Kier molecular flexibility index (Phi) is 7.07. The van der Waals surface area contributed by atoms with Gasteiger partial charge in [-0.1, -0.05) is 13.8 Å². The lowest BCUT2D eigenvalue weighted by Gasteiger charge is -2.26. The molecule has 0 saturated carbocycles. The van der Waals surface area contributed by atoms with Crippen molar-refractivity contribution in [3.05, 3.63) is 10.4 Å². The maximum Gasteiger partial charge on any atom is 0.341 e. The number of amides is 1. The van der Waals surface area contributed by atoms with E-state index < -0.39 is 19.2 Å². The van der Waals surface area contributed by atoms with E-state index in [1.165, 1.54) is 0 Å². The highest BCUT2D eigenvalue weighted by Gasteiger charge is 2.42. The molecule has 0 rings (SSSR count). The molecule has 0 N–H and O–H groups in total. The van der Waals surface area contributed by atoms with Crippen LogP contribution in [0.4, 0.5) is 0 Å². The highest BCUT2D eigenvalue weighted by molar-refractivity contribution is 7.55. The van der Waals surface area contributed by atoms with Crippen LogP contribution in [0.5, 0.6) is 0 Å². The van der Waals surface area contributed by atoms with Crippen molar-refractivity contribution < 1.29 is 18.4 Å². The maximum absolute atomic E-state index is 12.4. The van der Waals surface area contributed by atoms with Gasteiger partial charge in [-0.25, -0.2) is 0 Å². The minimum atomic E-state index is -3.59. The second kappa shape index (κ2) is 7.45. The van der Waals surface area contributed by atoms with Gasteiger partial charge >= 0.3 is 7.60 Å². The fourth-order valence-electron chi connectivity index (χ4n) is 1.45. The summed E-state index contributed by atoms with van der Waals surface area (Å²) in [6, 6.07) is 0. The third kappa shape index (κ3) is 4.48. The third-order valence-corrected chi connectivity index (χ3v) is 4.72. The molecule has 8 heteroatoms. The van der Waals surface area contributed by atoms with Crippen molar-refractivity contribution in [2.45, 2.75) is 33.4 Å². The quantitative estimate of drug-likeness (QED) is 0.304. The molecule has 0 heterocycles. The second-order valence-corrected chi connectivity index (χ2v) is 5.74. The van der Waals surface area contributed by atoms with Gasteiger partial charge in [0.25, 0.3) is 0 Å². The molecule has 0 fully saturated rings. The Balaban J connectivity index is 5.30. The Bertz CT molecular complexity index is 342. The van der Waals surface area contributed by atoms with E-state index in [1.807, 2.05) is 0 Å². The molecule has 1 unspecified atom stereocenters. The van der Waals surface area contributed by atoms with E-state index in [4.69, 9.17) is 14.6 Å². The van der Waals surface area contributed by atoms with Crippen molar-refractivity contribution in [3.8, 4) is 0 Å². The van der Waals surface area contributed by atoms with Gasteiger partial charge in [0, 0.05) is 4.91 Å². The van der Waals surface area contributed by atoms with Crippen LogP contribution in [-0.4, -0.2) is 24.8 Å². The molecule has 0 aliphatic rings. The van der Waals surface area contributed by atoms with Crippen LogP contribution < -0.4 is 0 Å². The van der Waals surface area contributed by atoms with Gasteiger partial charge in [0.1, 0.15) is 5.66 Å². The van der Waals surface area contributed by atoms with Crippen LogP contribution in [0.25, 0.3) is 10.4 Å². The molecule has 17 heavy (non-hydrogen) atoms. The number of azide groups is 1. The first-order valence-electron chi connectivity index (χ1n) is 5.40. The van der Waals surface area contributed by atoms with Gasteiger partial charge < -0.3 is 9.05 Å². The summed E-state index contributed by atoms with van der Waals surface area (Å²) in [7, 11) is -3.59. The van der Waals surface area contributed by atoms with Crippen LogP contribution in [0.1, 0.15) is 27.7 Å². The normalized spacial score (nSPS) is 13.2. The van der Waals surface area contributed by atoms with Gasteiger partial charge in [-0.3, -0.25) is 9.36 Å². The predicted molar refractivity (Wildman–Crippen MR) is 63.6 cm³/mol. The Morgan fingerprint density at radius 2 is 1.82 bits per heavy atom. The molecule has 1 amide bonds. The lowest BCUT2D eigenvalue weighted by molar-refractivity contribution is -0.118. The van der Waals surface area contributed by atoms with E-state index in [0.717, 1.165) is 0 Å². The molecule has 7 nitrogen and oxygen atoms in total. The van der Waals surface area contributed by atoms with Crippen molar-refractivity contribution in [2.24, 2.45) is 11.0 Å². The first kappa shape index (κ1) is 16.1. The highest BCUT2D eigenvalue weighted by Crippen LogP contribution is 2.55. The fraction of sp³-hybridized carbons (Fsp3) is 0.889. The van der Waals surface area contributed by atoms with Gasteiger partial charge in [-0.05, 0) is 30.4 Å². The lowest BCUT2D eigenvalue weighted by atomic mass is 10.1. The Morgan fingerprint density at radius 3 is 2.12 bits per heavy atom. The van der Waals surface area contributed by atoms with Crippen LogP contribution in [0.2, 0.25) is 0 Å². The minimum absolute atomic E-state index is 0.157. The average molecular weight is 263 g/mol. The molecule has 1 atom stereocenters. The predicted octanol–water partition coefficient (Wildman–Crippen LogP) is 3.11. The van der Waals surface area contributed by atoms with E-state index in [0.29, 0.717) is 0 Å². The number of hydrogen-bond acceptors (Lipinski definition) is 4. The van der Waals surface area contributed by atoms with Crippen molar-refractivity contribution in [1.29, 1.82) is 0 Å². The number of carbonyl (C=O) groups is 1. The summed E-state index contributed by atoms with van der Waals surface area (Å²) in [5.41, 5.74) is 7.20. The molecule has 0 aliphatic heterocycles. The van der Waals surface area contributed by atoms with Crippen molar-refractivity contribution >= 4 is 13.5 Å². The molecule has 0 aromatic rings. The third-order valence-electron chi connectivity index (χ3n) is 1.99. The monoisotopic (exact) mass is 263 g/mol. The lowest BCUT2D eigenvalue weighted by Crippen LogP contribution is -2.27. The summed E-state index contributed by atoms with van der Waals surface area (Å²) in [5.74, 6) is -1.12. The Hall–Kier alpha value is -0.870. The largest absolute Gasteiger partial charge is 0.341 e. The van der Waals surface area contributed by atoms with Gasteiger partial charge in [-0.15, -0.1) is 0 Å². The van der Waals surface area contributed by atoms with Gasteiger partial charge in [0.05, 0.1) is 13.2 Å². The zero-order valence-corrected chi connectivity index (χ0v) is 11.4. The van der Waals surface area contributed by atoms with Crippen LogP contribution in [0.3, 0.4) is 0 Å². The number of carbonyl (C=O) groups excluding carboxylic acids is 1. The molecule has 0 radical (unpaired) electrons. The van der Waals surface area contributed by atoms with Gasteiger partial charge in [-0.2, -0.15) is 0 Å². The summed E-state index contributed by atoms with van der Waals surface area (Å²) < 4.78 is 22.6. The van der Waals surface area contributed by atoms with Crippen LogP contribution in [0, 0.1) is 5.92 Å². The van der Waals surface area contributed by atoms with E-state index in [9.17, 15) is 9.36 Å². The molecule has 0 saturated heterocycles. The molecular weight excluding hydrogens is 245 g/mol. The SMILES string of the molecule is CCOP(=O)(OCC)C(C(=O)N=[N+]=[N-])C(C)C. The molecule has 0 bridgehead atoms. The van der Waals surface area contributed by atoms with E-state index in [-0.39, 0.29) is 19.1 Å². The number of hydrogen-bond donors (Lipinski definition) is 0. The topological polar surface area (TPSA) is 101 Å².